The summed E-state index contributed by atoms with van der Waals surface area (Å²) in [6.45, 7) is 2.67. The van der Waals surface area contributed by atoms with Crippen LogP contribution in [0.4, 0.5) is 0 Å². The minimum absolute atomic E-state index is 0.00977. The van der Waals surface area contributed by atoms with Crippen LogP contribution in [-0.4, -0.2) is 18.6 Å². The number of ether oxygens (including phenoxy) is 1. The minimum Gasteiger partial charge on any atom is -0.487 e. The molecule has 0 radical (unpaired) electrons. The van der Waals surface area contributed by atoms with E-state index in [-0.39, 0.29) is 17.9 Å². The first-order valence-corrected chi connectivity index (χ1v) is 8.82. The van der Waals surface area contributed by atoms with Gasteiger partial charge in [0.2, 0.25) is 5.91 Å². The Balaban J connectivity index is 1.55. The SMILES string of the molecule is Cc1cc2c(c(-c3ccc(Cl)cc3)c1)OC(CNC(=O)C1CC1)C2. The monoisotopic (exact) mass is 341 g/mol. The van der Waals surface area contributed by atoms with Gasteiger partial charge >= 0.3 is 0 Å². The van der Waals surface area contributed by atoms with E-state index >= 15 is 0 Å². The molecule has 0 bridgehead atoms. The highest BCUT2D eigenvalue weighted by atomic mass is 35.5. The molecule has 1 amide bonds. The summed E-state index contributed by atoms with van der Waals surface area (Å²) in [7, 11) is 0. The van der Waals surface area contributed by atoms with Gasteiger partial charge < -0.3 is 10.1 Å². The van der Waals surface area contributed by atoms with Gasteiger partial charge in [-0.3, -0.25) is 4.79 Å². The number of benzene rings is 2. The molecule has 124 valence electrons. The summed E-state index contributed by atoms with van der Waals surface area (Å²) in [5, 5.41) is 3.75. The van der Waals surface area contributed by atoms with Crippen molar-refractivity contribution in [2.24, 2.45) is 5.92 Å². The average Bonchev–Trinajstić information content (AvgIpc) is 3.33. The summed E-state index contributed by atoms with van der Waals surface area (Å²) in [6, 6.07) is 12.2. The number of amides is 1. The first kappa shape index (κ1) is 15.5. The Morgan fingerprint density at radius 1 is 1.25 bits per heavy atom. The Morgan fingerprint density at radius 2 is 2.00 bits per heavy atom. The number of hydrogen-bond acceptors (Lipinski definition) is 2. The maximum absolute atomic E-state index is 11.8. The molecule has 0 spiro atoms. The number of hydrogen-bond donors (Lipinski definition) is 1. The maximum atomic E-state index is 11.8. The molecule has 0 aromatic heterocycles. The molecule has 4 rings (SSSR count). The van der Waals surface area contributed by atoms with Gasteiger partial charge in [0.25, 0.3) is 0 Å². The van der Waals surface area contributed by atoms with Crippen molar-refractivity contribution in [1.29, 1.82) is 0 Å². The molecule has 4 heteroatoms. The number of carbonyl (C=O) groups is 1. The summed E-state index contributed by atoms with van der Waals surface area (Å²) in [5.74, 6) is 1.35. The van der Waals surface area contributed by atoms with E-state index in [9.17, 15) is 4.79 Å². The molecule has 0 saturated heterocycles. The van der Waals surface area contributed by atoms with E-state index in [1.165, 1.54) is 11.1 Å². The molecule has 24 heavy (non-hydrogen) atoms. The zero-order chi connectivity index (χ0) is 16.7. The van der Waals surface area contributed by atoms with Crippen molar-refractivity contribution >= 4 is 17.5 Å². The molecule has 1 atom stereocenters. The van der Waals surface area contributed by atoms with Crippen molar-refractivity contribution in [3.05, 3.63) is 52.5 Å². The first-order valence-electron chi connectivity index (χ1n) is 8.44. The number of carbonyl (C=O) groups excluding carboxylic acids is 1. The van der Waals surface area contributed by atoms with Gasteiger partial charge in [-0.25, -0.2) is 0 Å². The Hall–Kier alpha value is -2.00. The maximum Gasteiger partial charge on any atom is 0.223 e. The molecule has 2 aromatic rings. The molecule has 1 heterocycles. The van der Waals surface area contributed by atoms with Crippen molar-refractivity contribution in [1.82, 2.24) is 5.32 Å². The normalized spacial score (nSPS) is 18.8. The Labute approximate surface area is 147 Å². The van der Waals surface area contributed by atoms with Crippen molar-refractivity contribution in [2.45, 2.75) is 32.3 Å². The fraction of sp³-hybridized carbons (Fsp3) is 0.350. The van der Waals surface area contributed by atoms with E-state index in [1.807, 2.05) is 24.3 Å². The summed E-state index contributed by atoms with van der Waals surface area (Å²) in [6.07, 6.45) is 2.90. The van der Waals surface area contributed by atoms with Crippen LogP contribution in [0.25, 0.3) is 11.1 Å². The van der Waals surface area contributed by atoms with Crippen molar-refractivity contribution < 1.29 is 9.53 Å². The Kier molecular flexibility index (Phi) is 3.97. The van der Waals surface area contributed by atoms with Gasteiger partial charge in [0.15, 0.2) is 0 Å². The number of fused-ring (bicyclic) bond motifs is 1. The van der Waals surface area contributed by atoms with Crippen LogP contribution >= 0.6 is 11.6 Å². The molecule has 1 aliphatic heterocycles. The standard InChI is InChI=1S/C20H20ClNO2/c1-12-8-15-10-17(11-22-20(23)14-2-3-14)24-19(15)18(9-12)13-4-6-16(21)7-5-13/h4-9,14,17H,2-3,10-11H2,1H3,(H,22,23). The topological polar surface area (TPSA) is 38.3 Å². The third-order valence-electron chi connectivity index (χ3n) is 4.65. The van der Waals surface area contributed by atoms with Gasteiger partial charge in [0.05, 0.1) is 6.54 Å². The molecule has 1 unspecified atom stereocenters. The quantitative estimate of drug-likeness (QED) is 0.907. The van der Waals surface area contributed by atoms with Crippen molar-refractivity contribution in [3.63, 3.8) is 0 Å². The number of aryl methyl sites for hydroxylation is 1. The van der Waals surface area contributed by atoms with E-state index in [0.29, 0.717) is 6.54 Å². The molecule has 3 nitrogen and oxygen atoms in total. The van der Waals surface area contributed by atoms with Crippen LogP contribution in [-0.2, 0) is 11.2 Å². The molecule has 2 aliphatic rings. The van der Waals surface area contributed by atoms with E-state index in [1.54, 1.807) is 0 Å². The number of halogens is 1. The third-order valence-corrected chi connectivity index (χ3v) is 4.90. The molecule has 1 aliphatic carbocycles. The highest BCUT2D eigenvalue weighted by molar-refractivity contribution is 6.30. The van der Waals surface area contributed by atoms with Gasteiger partial charge in [-0.2, -0.15) is 0 Å². The summed E-state index contributed by atoms with van der Waals surface area (Å²) in [5.41, 5.74) is 4.62. The molecule has 2 aromatic carbocycles. The molecule has 1 fully saturated rings. The van der Waals surface area contributed by atoms with E-state index < -0.39 is 0 Å². The van der Waals surface area contributed by atoms with Crippen molar-refractivity contribution in [2.75, 3.05) is 6.54 Å². The Bertz CT molecular complexity index is 781. The van der Waals surface area contributed by atoms with Crippen LogP contribution in [0.5, 0.6) is 5.75 Å². The van der Waals surface area contributed by atoms with Gasteiger partial charge in [-0.1, -0.05) is 29.8 Å². The Morgan fingerprint density at radius 3 is 2.71 bits per heavy atom. The number of rotatable bonds is 4. The summed E-state index contributed by atoms with van der Waals surface area (Å²) >= 11 is 6.00. The summed E-state index contributed by atoms with van der Waals surface area (Å²) < 4.78 is 6.18. The van der Waals surface area contributed by atoms with Gasteiger partial charge in [-0.05, 0) is 54.7 Å². The lowest BCUT2D eigenvalue weighted by atomic mass is 9.98. The number of nitrogens with one attached hydrogen (secondary N) is 1. The fourth-order valence-electron chi connectivity index (χ4n) is 3.25. The van der Waals surface area contributed by atoms with E-state index in [4.69, 9.17) is 16.3 Å². The second-order valence-electron chi connectivity index (χ2n) is 6.77. The van der Waals surface area contributed by atoms with Crippen LogP contribution in [0.1, 0.15) is 24.0 Å². The third kappa shape index (κ3) is 3.13. The van der Waals surface area contributed by atoms with Crippen LogP contribution in [0.15, 0.2) is 36.4 Å². The predicted molar refractivity (Wildman–Crippen MR) is 95.5 cm³/mol. The zero-order valence-electron chi connectivity index (χ0n) is 13.6. The van der Waals surface area contributed by atoms with E-state index in [0.717, 1.165) is 41.2 Å². The molecular weight excluding hydrogens is 322 g/mol. The average molecular weight is 342 g/mol. The highest BCUT2D eigenvalue weighted by Crippen LogP contribution is 2.40. The minimum atomic E-state index is 0.00977. The van der Waals surface area contributed by atoms with Crippen LogP contribution in [0.3, 0.4) is 0 Å². The smallest absolute Gasteiger partial charge is 0.223 e. The van der Waals surface area contributed by atoms with Crippen molar-refractivity contribution in [3.8, 4) is 16.9 Å². The lowest BCUT2D eigenvalue weighted by Gasteiger charge is -2.14. The largest absolute Gasteiger partial charge is 0.487 e. The zero-order valence-corrected chi connectivity index (χ0v) is 14.4. The van der Waals surface area contributed by atoms with Crippen LogP contribution in [0.2, 0.25) is 5.02 Å². The highest BCUT2D eigenvalue weighted by Gasteiger charge is 2.31. The second-order valence-corrected chi connectivity index (χ2v) is 7.21. The van der Waals surface area contributed by atoms with Gasteiger partial charge in [0.1, 0.15) is 11.9 Å². The van der Waals surface area contributed by atoms with Crippen LogP contribution in [0, 0.1) is 12.8 Å². The second kappa shape index (κ2) is 6.14. The lowest BCUT2D eigenvalue weighted by Crippen LogP contribution is -2.35. The lowest BCUT2D eigenvalue weighted by molar-refractivity contribution is -0.122. The van der Waals surface area contributed by atoms with Crippen LogP contribution < -0.4 is 10.1 Å². The molecule has 1 N–H and O–H groups in total. The predicted octanol–water partition coefficient (Wildman–Crippen LogP) is 4.15. The van der Waals surface area contributed by atoms with Gasteiger partial charge in [0, 0.05) is 22.9 Å². The summed E-state index contributed by atoms with van der Waals surface area (Å²) in [4.78, 5) is 11.8. The molecular formula is C20H20ClNO2. The molecule has 1 saturated carbocycles. The van der Waals surface area contributed by atoms with E-state index in [2.05, 4.69) is 24.4 Å². The fourth-order valence-corrected chi connectivity index (χ4v) is 3.38. The first-order chi connectivity index (χ1) is 11.6. The van der Waals surface area contributed by atoms with Gasteiger partial charge in [-0.15, -0.1) is 0 Å².